The highest BCUT2D eigenvalue weighted by molar-refractivity contribution is 9.10. The van der Waals surface area contributed by atoms with Gasteiger partial charge in [-0.3, -0.25) is 9.48 Å². The second-order valence-electron chi connectivity index (χ2n) is 4.81. The van der Waals surface area contributed by atoms with Gasteiger partial charge in [0.25, 0.3) is 0 Å². The molecule has 3 aromatic rings. The number of hydrogen-bond acceptors (Lipinski definition) is 2. The summed E-state index contributed by atoms with van der Waals surface area (Å²) < 4.78 is 2.51. The van der Waals surface area contributed by atoms with Gasteiger partial charge in [0.15, 0.2) is 5.78 Å². The molecule has 106 valence electrons. The van der Waals surface area contributed by atoms with Crippen molar-refractivity contribution in [2.75, 3.05) is 0 Å². The number of carbonyl (C=O) groups is 1. The van der Waals surface area contributed by atoms with Gasteiger partial charge in [-0.15, -0.1) is 0 Å². The third-order valence-corrected chi connectivity index (χ3v) is 4.29. The molecule has 1 heterocycles. The summed E-state index contributed by atoms with van der Waals surface area (Å²) in [6.45, 7) is 0. The van der Waals surface area contributed by atoms with Crippen LogP contribution in [0.15, 0.2) is 46.9 Å². The Hall–Kier alpha value is -1.65. The van der Waals surface area contributed by atoms with Crippen molar-refractivity contribution < 1.29 is 4.79 Å². The van der Waals surface area contributed by atoms with Crippen molar-refractivity contribution in [1.82, 2.24) is 9.78 Å². The minimum Gasteiger partial charge on any atom is -0.294 e. The van der Waals surface area contributed by atoms with Crippen molar-refractivity contribution in [2.24, 2.45) is 7.05 Å². The number of benzene rings is 2. The molecular weight excluding hydrogens is 352 g/mol. The molecule has 3 rings (SSSR count). The molecule has 1 aromatic heterocycles. The minimum absolute atomic E-state index is 0.0161. The number of hydrogen-bond donors (Lipinski definition) is 0. The van der Waals surface area contributed by atoms with Crippen molar-refractivity contribution in [2.45, 2.75) is 6.42 Å². The number of rotatable bonds is 3. The van der Waals surface area contributed by atoms with Crippen LogP contribution < -0.4 is 0 Å². The normalized spacial score (nSPS) is 11.0. The van der Waals surface area contributed by atoms with Crippen molar-refractivity contribution in [1.29, 1.82) is 0 Å². The SMILES string of the molecule is Cn1nc(CC(=O)c2ccc(Cl)cc2Br)c2ccccc21. The van der Waals surface area contributed by atoms with Gasteiger partial charge in [0.2, 0.25) is 0 Å². The standard InChI is InChI=1S/C16H12BrClN2O/c1-20-15-5-3-2-4-12(15)14(19-20)9-16(21)11-7-6-10(18)8-13(11)17/h2-8H,9H2,1H3. The zero-order valence-electron chi connectivity index (χ0n) is 11.3. The molecule has 0 aliphatic carbocycles. The highest BCUT2D eigenvalue weighted by Crippen LogP contribution is 2.24. The summed E-state index contributed by atoms with van der Waals surface area (Å²) in [5.74, 6) is 0.0161. The molecule has 0 unspecified atom stereocenters. The maximum Gasteiger partial charge on any atom is 0.170 e. The van der Waals surface area contributed by atoms with Crippen molar-refractivity contribution >= 4 is 44.2 Å². The van der Waals surface area contributed by atoms with Crippen LogP contribution in [0.4, 0.5) is 0 Å². The van der Waals surface area contributed by atoms with Gasteiger partial charge in [-0.2, -0.15) is 5.10 Å². The summed E-state index contributed by atoms with van der Waals surface area (Å²) in [6, 6.07) is 13.1. The first kappa shape index (κ1) is 14.3. The molecule has 0 saturated carbocycles. The van der Waals surface area contributed by atoms with E-state index in [1.54, 1.807) is 22.9 Å². The van der Waals surface area contributed by atoms with Gasteiger partial charge in [-0.05, 0) is 40.2 Å². The van der Waals surface area contributed by atoms with Crippen LogP contribution in [0, 0.1) is 0 Å². The molecule has 5 heteroatoms. The monoisotopic (exact) mass is 362 g/mol. The summed E-state index contributed by atoms with van der Waals surface area (Å²) >= 11 is 9.29. The van der Waals surface area contributed by atoms with E-state index in [4.69, 9.17) is 11.6 Å². The molecule has 0 aliphatic rings. The molecular formula is C16H12BrClN2O. The smallest absolute Gasteiger partial charge is 0.170 e. The Balaban J connectivity index is 1.97. The van der Waals surface area contributed by atoms with E-state index < -0.39 is 0 Å². The number of aryl methyl sites for hydroxylation is 1. The Kier molecular flexibility index (Phi) is 3.83. The first-order valence-corrected chi connectivity index (χ1v) is 7.62. The summed E-state index contributed by atoms with van der Waals surface area (Å²) in [4.78, 5) is 12.5. The summed E-state index contributed by atoms with van der Waals surface area (Å²) in [6.07, 6.45) is 0.265. The number of Topliss-reactive ketones (excluding diaryl/α,β-unsaturated/α-hetero) is 1. The Morgan fingerprint density at radius 2 is 2.05 bits per heavy atom. The fourth-order valence-corrected chi connectivity index (χ4v) is 3.29. The van der Waals surface area contributed by atoms with Gasteiger partial charge in [-0.1, -0.05) is 29.8 Å². The van der Waals surface area contributed by atoms with Gasteiger partial charge >= 0.3 is 0 Å². The highest BCUT2D eigenvalue weighted by atomic mass is 79.9. The van der Waals surface area contributed by atoms with E-state index >= 15 is 0 Å². The Bertz CT molecular complexity index is 841. The molecule has 0 atom stereocenters. The van der Waals surface area contributed by atoms with E-state index in [1.807, 2.05) is 31.3 Å². The fraction of sp³-hybridized carbons (Fsp3) is 0.125. The first-order chi connectivity index (χ1) is 10.1. The lowest BCUT2D eigenvalue weighted by atomic mass is 10.0. The fourth-order valence-electron chi connectivity index (χ4n) is 2.38. The lowest BCUT2D eigenvalue weighted by Gasteiger charge is -2.03. The van der Waals surface area contributed by atoms with Crippen LogP contribution in [0.1, 0.15) is 16.1 Å². The highest BCUT2D eigenvalue weighted by Gasteiger charge is 2.15. The number of ketones is 1. The number of aromatic nitrogens is 2. The molecule has 0 spiro atoms. The molecule has 0 amide bonds. The molecule has 0 aliphatic heterocycles. The topological polar surface area (TPSA) is 34.9 Å². The van der Waals surface area contributed by atoms with Crippen LogP contribution in [0.5, 0.6) is 0 Å². The molecule has 21 heavy (non-hydrogen) atoms. The Labute approximate surface area is 135 Å². The zero-order valence-corrected chi connectivity index (χ0v) is 13.6. The van der Waals surface area contributed by atoms with Gasteiger partial charge in [-0.25, -0.2) is 0 Å². The van der Waals surface area contributed by atoms with E-state index in [9.17, 15) is 4.79 Å². The average Bonchev–Trinajstić information content (AvgIpc) is 2.76. The lowest BCUT2D eigenvalue weighted by Crippen LogP contribution is -2.05. The zero-order chi connectivity index (χ0) is 15.0. The summed E-state index contributed by atoms with van der Waals surface area (Å²) in [5, 5.41) is 6.07. The average molecular weight is 364 g/mol. The number of nitrogens with zero attached hydrogens (tertiary/aromatic N) is 2. The number of para-hydroxylation sites is 1. The predicted molar refractivity (Wildman–Crippen MR) is 87.9 cm³/mol. The van der Waals surface area contributed by atoms with Gasteiger partial charge in [0.1, 0.15) is 0 Å². The number of fused-ring (bicyclic) bond motifs is 1. The number of halogens is 2. The molecule has 3 nitrogen and oxygen atoms in total. The van der Waals surface area contributed by atoms with E-state index in [0.717, 1.165) is 16.6 Å². The predicted octanol–water partition coefficient (Wildman–Crippen LogP) is 4.41. The van der Waals surface area contributed by atoms with Crippen molar-refractivity contribution in [3.63, 3.8) is 0 Å². The molecule has 0 fully saturated rings. The number of carbonyl (C=O) groups excluding carboxylic acids is 1. The lowest BCUT2D eigenvalue weighted by molar-refractivity contribution is 0.0991. The molecule has 0 N–H and O–H groups in total. The molecule has 0 bridgehead atoms. The van der Waals surface area contributed by atoms with E-state index in [2.05, 4.69) is 21.0 Å². The second-order valence-corrected chi connectivity index (χ2v) is 6.10. The van der Waals surface area contributed by atoms with E-state index in [-0.39, 0.29) is 12.2 Å². The third-order valence-electron chi connectivity index (χ3n) is 3.39. The van der Waals surface area contributed by atoms with Gasteiger partial charge in [0.05, 0.1) is 17.6 Å². The molecule has 0 saturated heterocycles. The summed E-state index contributed by atoms with van der Waals surface area (Å²) in [5.41, 5.74) is 2.43. The summed E-state index contributed by atoms with van der Waals surface area (Å²) in [7, 11) is 1.88. The van der Waals surface area contributed by atoms with Crippen LogP contribution in [-0.4, -0.2) is 15.6 Å². The Morgan fingerprint density at radius 3 is 2.81 bits per heavy atom. The Morgan fingerprint density at radius 1 is 1.29 bits per heavy atom. The quantitative estimate of drug-likeness (QED) is 0.646. The van der Waals surface area contributed by atoms with E-state index in [0.29, 0.717) is 15.1 Å². The minimum atomic E-state index is 0.0161. The third kappa shape index (κ3) is 2.74. The second kappa shape index (κ2) is 5.62. The van der Waals surface area contributed by atoms with Crippen LogP contribution in [0.25, 0.3) is 10.9 Å². The maximum absolute atomic E-state index is 12.5. The van der Waals surface area contributed by atoms with Crippen molar-refractivity contribution in [3.8, 4) is 0 Å². The van der Waals surface area contributed by atoms with Gasteiger partial charge < -0.3 is 0 Å². The maximum atomic E-state index is 12.5. The van der Waals surface area contributed by atoms with Crippen LogP contribution in [0.2, 0.25) is 5.02 Å². The molecule has 0 radical (unpaired) electrons. The molecule has 2 aromatic carbocycles. The largest absolute Gasteiger partial charge is 0.294 e. The van der Waals surface area contributed by atoms with Crippen LogP contribution in [0.3, 0.4) is 0 Å². The van der Waals surface area contributed by atoms with Crippen LogP contribution >= 0.6 is 27.5 Å². The first-order valence-electron chi connectivity index (χ1n) is 6.45. The van der Waals surface area contributed by atoms with E-state index in [1.165, 1.54) is 0 Å². The van der Waals surface area contributed by atoms with Crippen molar-refractivity contribution in [3.05, 3.63) is 63.2 Å². The van der Waals surface area contributed by atoms with Gasteiger partial charge in [0, 0.05) is 27.5 Å². The van der Waals surface area contributed by atoms with Crippen LogP contribution in [-0.2, 0) is 13.5 Å².